The van der Waals surface area contributed by atoms with E-state index in [0.717, 1.165) is 39.1 Å². The molecule has 5 nitrogen and oxygen atoms in total. The largest absolute Gasteiger partial charge is 0.481 e. The number of amides is 1. The fourth-order valence-electron chi connectivity index (χ4n) is 3.99. The minimum atomic E-state index is -0.813. The SMILES string of the molecule is CCN1CCN(C(=O)[C@@H]2[C@H](C(=O)O)[C@H]3C=C[C@H]2C3)CC1. The third-order valence-corrected chi connectivity index (χ3v) is 5.16. The first-order valence-electron chi connectivity index (χ1n) is 7.54. The quantitative estimate of drug-likeness (QED) is 0.771. The summed E-state index contributed by atoms with van der Waals surface area (Å²) in [4.78, 5) is 28.4. The molecule has 0 aromatic heterocycles. The molecule has 3 aliphatic rings. The second-order valence-electron chi connectivity index (χ2n) is 6.10. The molecule has 0 aromatic carbocycles. The molecule has 2 bridgehead atoms. The number of allylic oxidation sites excluding steroid dienone is 2. The highest BCUT2D eigenvalue weighted by Gasteiger charge is 2.52. The number of carboxylic acid groups (broad SMARTS) is 1. The number of likely N-dealkylation sites (N-methyl/N-ethyl adjacent to an activating group) is 1. The smallest absolute Gasteiger partial charge is 0.307 e. The van der Waals surface area contributed by atoms with Crippen LogP contribution in [0.1, 0.15) is 13.3 Å². The molecular weight excluding hydrogens is 256 g/mol. The van der Waals surface area contributed by atoms with Crippen LogP contribution in [0.2, 0.25) is 0 Å². The van der Waals surface area contributed by atoms with Gasteiger partial charge in [0.05, 0.1) is 11.8 Å². The second kappa shape index (κ2) is 5.20. The van der Waals surface area contributed by atoms with Crippen LogP contribution in [0.25, 0.3) is 0 Å². The molecule has 1 saturated carbocycles. The monoisotopic (exact) mass is 278 g/mol. The van der Waals surface area contributed by atoms with E-state index in [1.54, 1.807) is 0 Å². The number of fused-ring (bicyclic) bond motifs is 2. The third-order valence-electron chi connectivity index (χ3n) is 5.16. The molecule has 1 N–H and O–H groups in total. The summed E-state index contributed by atoms with van der Waals surface area (Å²) >= 11 is 0. The Balaban J connectivity index is 1.71. The zero-order valence-corrected chi connectivity index (χ0v) is 11.9. The topological polar surface area (TPSA) is 60.9 Å². The maximum atomic E-state index is 12.7. The van der Waals surface area contributed by atoms with Gasteiger partial charge in [0.1, 0.15) is 0 Å². The van der Waals surface area contributed by atoms with Crippen molar-refractivity contribution in [1.82, 2.24) is 9.80 Å². The Hall–Kier alpha value is -1.36. The molecule has 4 atom stereocenters. The van der Waals surface area contributed by atoms with Crippen molar-refractivity contribution in [2.24, 2.45) is 23.7 Å². The van der Waals surface area contributed by atoms with Gasteiger partial charge in [0.2, 0.25) is 5.91 Å². The van der Waals surface area contributed by atoms with E-state index >= 15 is 0 Å². The lowest BCUT2D eigenvalue weighted by molar-refractivity contribution is -0.151. The molecule has 5 heteroatoms. The Morgan fingerprint density at radius 1 is 1.10 bits per heavy atom. The van der Waals surface area contributed by atoms with E-state index in [0.29, 0.717) is 0 Å². The van der Waals surface area contributed by atoms with Gasteiger partial charge in [-0.25, -0.2) is 0 Å². The first kappa shape index (κ1) is 13.6. The van der Waals surface area contributed by atoms with Crippen molar-refractivity contribution in [1.29, 1.82) is 0 Å². The van der Waals surface area contributed by atoms with Crippen molar-refractivity contribution >= 4 is 11.9 Å². The Kier molecular flexibility index (Phi) is 3.54. The highest BCUT2D eigenvalue weighted by atomic mass is 16.4. The van der Waals surface area contributed by atoms with Crippen LogP contribution in [0.15, 0.2) is 12.2 Å². The number of carbonyl (C=O) groups excluding carboxylic acids is 1. The molecule has 1 amide bonds. The summed E-state index contributed by atoms with van der Waals surface area (Å²) in [5.74, 6) is -1.41. The van der Waals surface area contributed by atoms with Crippen LogP contribution in [0.4, 0.5) is 0 Å². The van der Waals surface area contributed by atoms with Crippen LogP contribution >= 0.6 is 0 Å². The predicted molar refractivity (Wildman–Crippen MR) is 74.0 cm³/mol. The van der Waals surface area contributed by atoms with Crippen molar-refractivity contribution in [3.8, 4) is 0 Å². The highest BCUT2D eigenvalue weighted by molar-refractivity contribution is 5.87. The highest BCUT2D eigenvalue weighted by Crippen LogP contribution is 2.48. The van der Waals surface area contributed by atoms with Gasteiger partial charge in [0.25, 0.3) is 0 Å². The number of aliphatic carboxylic acids is 1. The molecule has 2 aliphatic carbocycles. The summed E-state index contributed by atoms with van der Waals surface area (Å²) in [6.07, 6.45) is 4.87. The predicted octanol–water partition coefficient (Wildman–Crippen LogP) is 0.673. The summed E-state index contributed by atoms with van der Waals surface area (Å²) in [6, 6.07) is 0. The first-order chi connectivity index (χ1) is 9.61. The lowest BCUT2D eigenvalue weighted by Crippen LogP contribution is -2.52. The van der Waals surface area contributed by atoms with Crippen LogP contribution in [0, 0.1) is 23.7 Å². The van der Waals surface area contributed by atoms with Crippen LogP contribution in [0.5, 0.6) is 0 Å². The van der Waals surface area contributed by atoms with Crippen LogP contribution in [-0.4, -0.2) is 59.5 Å². The number of nitrogens with zero attached hydrogens (tertiary/aromatic N) is 2. The molecule has 3 rings (SSSR count). The fourth-order valence-corrected chi connectivity index (χ4v) is 3.99. The summed E-state index contributed by atoms with van der Waals surface area (Å²) in [5.41, 5.74) is 0. The molecule has 0 radical (unpaired) electrons. The van der Waals surface area contributed by atoms with E-state index in [-0.39, 0.29) is 23.7 Å². The van der Waals surface area contributed by atoms with Gasteiger partial charge in [-0.05, 0) is 24.8 Å². The standard InChI is InChI=1S/C15H22N2O3/c1-2-16-5-7-17(8-6-16)14(18)12-10-3-4-11(9-10)13(12)15(19)20/h3-4,10-13H,2,5-9H2,1H3,(H,19,20)/t10-,11-,12-,13+/m0/s1. The maximum Gasteiger partial charge on any atom is 0.307 e. The van der Waals surface area contributed by atoms with Gasteiger partial charge in [0, 0.05) is 26.2 Å². The van der Waals surface area contributed by atoms with Crippen LogP contribution < -0.4 is 0 Å². The van der Waals surface area contributed by atoms with Crippen molar-refractivity contribution in [2.45, 2.75) is 13.3 Å². The molecule has 0 unspecified atom stereocenters. The van der Waals surface area contributed by atoms with E-state index in [1.807, 2.05) is 11.0 Å². The van der Waals surface area contributed by atoms with E-state index in [1.165, 1.54) is 0 Å². The molecular formula is C15H22N2O3. The van der Waals surface area contributed by atoms with Crippen molar-refractivity contribution in [2.75, 3.05) is 32.7 Å². The number of hydrogen-bond acceptors (Lipinski definition) is 3. The molecule has 2 fully saturated rings. The lowest BCUT2D eigenvalue weighted by Gasteiger charge is -2.37. The first-order valence-corrected chi connectivity index (χ1v) is 7.54. The number of hydrogen-bond donors (Lipinski definition) is 1. The molecule has 0 spiro atoms. The average Bonchev–Trinajstić information content (AvgIpc) is 3.07. The van der Waals surface area contributed by atoms with Crippen LogP contribution in [0.3, 0.4) is 0 Å². The second-order valence-corrected chi connectivity index (χ2v) is 6.10. The molecule has 20 heavy (non-hydrogen) atoms. The maximum absolute atomic E-state index is 12.7. The van der Waals surface area contributed by atoms with Gasteiger partial charge < -0.3 is 14.9 Å². The average molecular weight is 278 g/mol. The number of carbonyl (C=O) groups is 2. The molecule has 110 valence electrons. The number of carboxylic acids is 1. The number of piperazine rings is 1. The molecule has 1 aliphatic heterocycles. The number of rotatable bonds is 3. The Labute approximate surface area is 119 Å². The molecule has 1 saturated heterocycles. The van der Waals surface area contributed by atoms with E-state index < -0.39 is 11.9 Å². The van der Waals surface area contributed by atoms with Crippen molar-refractivity contribution < 1.29 is 14.7 Å². The minimum Gasteiger partial charge on any atom is -0.481 e. The Morgan fingerprint density at radius 2 is 1.70 bits per heavy atom. The zero-order valence-electron chi connectivity index (χ0n) is 11.9. The zero-order chi connectivity index (χ0) is 14.3. The van der Waals surface area contributed by atoms with E-state index in [4.69, 9.17) is 0 Å². The van der Waals surface area contributed by atoms with Gasteiger partial charge in [-0.15, -0.1) is 0 Å². The van der Waals surface area contributed by atoms with Gasteiger partial charge in [-0.1, -0.05) is 19.1 Å². The van der Waals surface area contributed by atoms with E-state index in [9.17, 15) is 14.7 Å². The van der Waals surface area contributed by atoms with Crippen molar-refractivity contribution in [3.05, 3.63) is 12.2 Å². The van der Waals surface area contributed by atoms with Gasteiger partial charge in [-0.2, -0.15) is 0 Å². The lowest BCUT2D eigenvalue weighted by atomic mass is 9.82. The fraction of sp³-hybridized carbons (Fsp3) is 0.733. The molecule has 0 aromatic rings. The summed E-state index contributed by atoms with van der Waals surface area (Å²) in [7, 11) is 0. The molecule has 1 heterocycles. The Bertz CT molecular complexity index is 440. The summed E-state index contributed by atoms with van der Waals surface area (Å²) in [5, 5.41) is 9.42. The normalized spacial score (nSPS) is 36.5. The van der Waals surface area contributed by atoms with Crippen LogP contribution in [-0.2, 0) is 9.59 Å². The van der Waals surface area contributed by atoms with Crippen molar-refractivity contribution in [3.63, 3.8) is 0 Å². The van der Waals surface area contributed by atoms with Gasteiger partial charge in [-0.3, -0.25) is 9.59 Å². The minimum absolute atomic E-state index is 0.0587. The summed E-state index contributed by atoms with van der Waals surface area (Å²) < 4.78 is 0. The van der Waals surface area contributed by atoms with E-state index in [2.05, 4.69) is 17.9 Å². The van der Waals surface area contributed by atoms with Gasteiger partial charge in [0.15, 0.2) is 0 Å². The summed E-state index contributed by atoms with van der Waals surface area (Å²) in [6.45, 7) is 6.40. The Morgan fingerprint density at radius 3 is 2.25 bits per heavy atom. The van der Waals surface area contributed by atoms with Gasteiger partial charge >= 0.3 is 5.97 Å². The third kappa shape index (κ3) is 2.14.